The van der Waals surface area contributed by atoms with Gasteiger partial charge < -0.3 is 15.4 Å². The van der Waals surface area contributed by atoms with Crippen LogP contribution in [0, 0.1) is 0 Å². The van der Waals surface area contributed by atoms with Gasteiger partial charge in [-0.3, -0.25) is 19.1 Å². The van der Waals surface area contributed by atoms with Crippen molar-refractivity contribution in [2.45, 2.75) is 6.54 Å². The van der Waals surface area contributed by atoms with E-state index in [-0.39, 0.29) is 38.9 Å². The third-order valence-electron chi connectivity index (χ3n) is 4.43. The minimum absolute atomic E-state index is 0.118. The van der Waals surface area contributed by atoms with Crippen molar-refractivity contribution in [1.29, 1.82) is 0 Å². The highest BCUT2D eigenvalue weighted by Gasteiger charge is 2.22. The van der Waals surface area contributed by atoms with Gasteiger partial charge in [-0.2, -0.15) is 0 Å². The molecule has 1 amide bonds. The molecule has 3 aromatic rings. The average Bonchev–Trinajstić information content (AvgIpc) is 2.73. The second-order valence-corrected chi connectivity index (χ2v) is 7.72. The van der Waals surface area contributed by atoms with Gasteiger partial charge in [0.05, 0.1) is 21.6 Å². The van der Waals surface area contributed by atoms with Crippen LogP contribution in [0.5, 0.6) is 5.75 Å². The summed E-state index contributed by atoms with van der Waals surface area (Å²) in [7, 11) is 1.35. The standard InChI is InChI=1S/C20H17Cl3N4O4/c1-26(16(28)10-31-15-8-13(22)12(21)7-14(15)23)17-18(24)27(20(30)25-19(17)29)9-11-5-3-2-4-6-11/h2-8H,9-10,24H2,1H3,(H,25,29,30). The minimum atomic E-state index is -0.796. The fourth-order valence-electron chi connectivity index (χ4n) is 2.80. The Morgan fingerprint density at radius 2 is 1.74 bits per heavy atom. The number of hydrogen-bond acceptors (Lipinski definition) is 5. The lowest BCUT2D eigenvalue weighted by molar-refractivity contribution is -0.120. The van der Waals surface area contributed by atoms with Crippen molar-refractivity contribution >= 4 is 52.2 Å². The lowest BCUT2D eigenvalue weighted by Crippen LogP contribution is -2.41. The van der Waals surface area contributed by atoms with Crippen LogP contribution < -0.4 is 26.6 Å². The van der Waals surface area contributed by atoms with Crippen molar-refractivity contribution in [3.05, 3.63) is 83.9 Å². The van der Waals surface area contributed by atoms with Crippen molar-refractivity contribution in [2.75, 3.05) is 24.3 Å². The molecule has 0 radical (unpaired) electrons. The smallest absolute Gasteiger partial charge is 0.330 e. The Morgan fingerprint density at radius 3 is 2.42 bits per heavy atom. The summed E-state index contributed by atoms with van der Waals surface area (Å²) in [4.78, 5) is 40.5. The number of anilines is 2. The first kappa shape index (κ1) is 22.7. The van der Waals surface area contributed by atoms with Crippen LogP contribution >= 0.6 is 34.8 Å². The molecule has 0 bridgehead atoms. The molecule has 8 nitrogen and oxygen atoms in total. The Hall–Kier alpha value is -2.94. The number of likely N-dealkylation sites (N-methyl/N-ethyl adjacent to an activating group) is 1. The van der Waals surface area contributed by atoms with E-state index in [1.807, 2.05) is 18.2 Å². The first-order valence-corrected chi connectivity index (χ1v) is 10.0. The molecular weight excluding hydrogens is 467 g/mol. The van der Waals surface area contributed by atoms with Crippen molar-refractivity contribution in [3.8, 4) is 5.75 Å². The van der Waals surface area contributed by atoms with E-state index < -0.39 is 23.8 Å². The highest BCUT2D eigenvalue weighted by molar-refractivity contribution is 6.43. The van der Waals surface area contributed by atoms with Gasteiger partial charge in [-0.05, 0) is 11.6 Å². The van der Waals surface area contributed by atoms with E-state index in [9.17, 15) is 14.4 Å². The van der Waals surface area contributed by atoms with Gasteiger partial charge in [-0.25, -0.2) is 4.79 Å². The molecule has 31 heavy (non-hydrogen) atoms. The predicted octanol–water partition coefficient (Wildman–Crippen LogP) is 3.17. The molecule has 1 heterocycles. The van der Waals surface area contributed by atoms with Crippen molar-refractivity contribution < 1.29 is 9.53 Å². The molecule has 2 aromatic carbocycles. The average molecular weight is 484 g/mol. The third kappa shape index (κ3) is 5.04. The fraction of sp³-hybridized carbons (Fsp3) is 0.150. The summed E-state index contributed by atoms with van der Waals surface area (Å²) in [5, 5.41) is 0.608. The summed E-state index contributed by atoms with van der Waals surface area (Å²) < 4.78 is 6.59. The van der Waals surface area contributed by atoms with Crippen LogP contribution in [0.3, 0.4) is 0 Å². The molecule has 0 atom stereocenters. The largest absolute Gasteiger partial charge is 0.482 e. The zero-order valence-electron chi connectivity index (χ0n) is 16.2. The molecule has 0 unspecified atom stereocenters. The fourth-order valence-corrected chi connectivity index (χ4v) is 3.39. The summed E-state index contributed by atoms with van der Waals surface area (Å²) in [5.41, 5.74) is 5.23. The van der Waals surface area contributed by atoms with Gasteiger partial charge >= 0.3 is 5.69 Å². The number of rotatable bonds is 6. The van der Waals surface area contributed by atoms with Gasteiger partial charge in [0.15, 0.2) is 12.3 Å². The number of halogens is 3. The Balaban J connectivity index is 1.85. The van der Waals surface area contributed by atoms with Crippen molar-refractivity contribution in [1.82, 2.24) is 9.55 Å². The molecule has 0 aliphatic heterocycles. The lowest BCUT2D eigenvalue weighted by atomic mass is 10.2. The van der Waals surface area contributed by atoms with E-state index in [1.54, 1.807) is 12.1 Å². The number of carbonyl (C=O) groups is 1. The van der Waals surface area contributed by atoms with Crippen LogP contribution in [-0.2, 0) is 11.3 Å². The SMILES string of the molecule is CN(C(=O)COc1cc(Cl)c(Cl)cc1Cl)c1c(N)n(Cc2ccccc2)c(=O)[nH]c1=O. The summed E-state index contributed by atoms with van der Waals surface area (Å²) >= 11 is 17.9. The normalized spacial score (nSPS) is 10.7. The molecule has 0 saturated carbocycles. The number of amides is 1. The monoisotopic (exact) mass is 482 g/mol. The molecule has 3 rings (SSSR count). The molecule has 0 fully saturated rings. The molecule has 3 N–H and O–H groups in total. The summed E-state index contributed by atoms with van der Waals surface area (Å²) in [6.07, 6.45) is 0. The number of nitrogens with two attached hydrogens (primary N) is 1. The van der Waals surface area contributed by atoms with Gasteiger partial charge in [-0.15, -0.1) is 0 Å². The summed E-state index contributed by atoms with van der Waals surface area (Å²) in [5.74, 6) is -0.612. The van der Waals surface area contributed by atoms with Crippen LogP contribution in [-0.4, -0.2) is 29.1 Å². The molecule has 0 saturated heterocycles. The number of aromatic nitrogens is 2. The topological polar surface area (TPSA) is 110 Å². The molecule has 0 aliphatic carbocycles. The number of nitrogens with one attached hydrogen (secondary N) is 1. The van der Waals surface area contributed by atoms with Crippen LogP contribution in [0.25, 0.3) is 0 Å². The molecule has 0 aliphatic rings. The van der Waals surface area contributed by atoms with Gasteiger partial charge in [0.2, 0.25) is 0 Å². The Bertz CT molecular complexity index is 1240. The van der Waals surface area contributed by atoms with Crippen molar-refractivity contribution in [3.63, 3.8) is 0 Å². The predicted molar refractivity (Wildman–Crippen MR) is 122 cm³/mol. The Kier molecular flexibility index (Phi) is 6.94. The van der Waals surface area contributed by atoms with E-state index in [0.717, 1.165) is 10.5 Å². The highest BCUT2D eigenvalue weighted by Crippen LogP contribution is 2.33. The maximum atomic E-state index is 12.6. The number of benzene rings is 2. The van der Waals surface area contributed by atoms with Crippen LogP contribution in [0.2, 0.25) is 15.1 Å². The number of nitrogen functional groups attached to an aromatic ring is 1. The van der Waals surface area contributed by atoms with Gasteiger partial charge in [0.25, 0.3) is 11.5 Å². The number of H-pyrrole nitrogens is 1. The first-order chi connectivity index (χ1) is 14.7. The van der Waals surface area contributed by atoms with Gasteiger partial charge in [0, 0.05) is 13.1 Å². The Morgan fingerprint density at radius 1 is 1.10 bits per heavy atom. The van der Waals surface area contributed by atoms with E-state index in [4.69, 9.17) is 45.3 Å². The minimum Gasteiger partial charge on any atom is -0.482 e. The zero-order chi connectivity index (χ0) is 22.7. The second-order valence-electron chi connectivity index (χ2n) is 6.50. The molecule has 11 heteroatoms. The van der Waals surface area contributed by atoms with Gasteiger partial charge in [-0.1, -0.05) is 65.1 Å². The number of aromatic amines is 1. The lowest BCUT2D eigenvalue weighted by Gasteiger charge is -2.20. The molecule has 162 valence electrons. The van der Waals surface area contributed by atoms with E-state index in [0.29, 0.717) is 0 Å². The van der Waals surface area contributed by atoms with Crippen LogP contribution in [0.4, 0.5) is 11.5 Å². The third-order valence-corrected chi connectivity index (χ3v) is 5.45. The molecule has 1 aromatic heterocycles. The zero-order valence-corrected chi connectivity index (χ0v) is 18.5. The molecular formula is C20H17Cl3N4O4. The first-order valence-electron chi connectivity index (χ1n) is 8.89. The van der Waals surface area contributed by atoms with Crippen LogP contribution in [0.1, 0.15) is 5.56 Å². The summed E-state index contributed by atoms with van der Waals surface area (Å²) in [6, 6.07) is 11.8. The number of carbonyl (C=O) groups excluding carboxylic acids is 1. The number of hydrogen-bond donors (Lipinski definition) is 2. The highest BCUT2D eigenvalue weighted by atomic mass is 35.5. The van der Waals surface area contributed by atoms with E-state index in [1.165, 1.54) is 23.7 Å². The molecule has 0 spiro atoms. The second kappa shape index (κ2) is 9.47. The van der Waals surface area contributed by atoms with Crippen LogP contribution in [0.15, 0.2) is 52.1 Å². The summed E-state index contributed by atoms with van der Waals surface area (Å²) in [6.45, 7) is -0.350. The number of ether oxygens (including phenoxy) is 1. The quantitative estimate of drug-likeness (QED) is 0.523. The number of nitrogens with zero attached hydrogens (tertiary/aromatic N) is 2. The Labute approximate surface area is 191 Å². The maximum Gasteiger partial charge on any atom is 0.330 e. The van der Waals surface area contributed by atoms with Crippen molar-refractivity contribution in [2.24, 2.45) is 0 Å². The van der Waals surface area contributed by atoms with E-state index >= 15 is 0 Å². The van der Waals surface area contributed by atoms with Gasteiger partial charge in [0.1, 0.15) is 11.6 Å². The maximum absolute atomic E-state index is 12.6. The van der Waals surface area contributed by atoms with E-state index in [2.05, 4.69) is 4.98 Å².